The Hall–Kier alpha value is -1.97. The first kappa shape index (κ1) is 20.3. The molecule has 0 fully saturated rings. The summed E-state index contributed by atoms with van der Waals surface area (Å²) >= 11 is 0.985. The summed E-state index contributed by atoms with van der Waals surface area (Å²) < 4.78 is 45.2. The fourth-order valence-electron chi connectivity index (χ4n) is 2.12. The molecule has 0 aliphatic carbocycles. The molecule has 0 spiro atoms. The summed E-state index contributed by atoms with van der Waals surface area (Å²) in [6.45, 7) is 5.14. The number of carbonyl (C=O) groups is 1. The molecule has 0 saturated carbocycles. The van der Waals surface area contributed by atoms with Gasteiger partial charge in [-0.05, 0) is 49.9 Å². The highest BCUT2D eigenvalue weighted by atomic mass is 32.2. The van der Waals surface area contributed by atoms with Gasteiger partial charge in [-0.1, -0.05) is 12.1 Å². The van der Waals surface area contributed by atoms with E-state index in [4.69, 9.17) is 4.74 Å². The number of nitrogens with zero attached hydrogens (tertiary/aromatic N) is 1. The number of hydrogen-bond acceptors (Lipinski definition) is 5. The number of halogens is 1. The van der Waals surface area contributed by atoms with E-state index in [1.807, 2.05) is 0 Å². The van der Waals surface area contributed by atoms with Crippen molar-refractivity contribution in [3.8, 4) is 0 Å². The molecule has 1 heterocycles. The number of amides is 1. The molecule has 1 amide bonds. The average Bonchev–Trinajstić information content (AvgIpc) is 2.93. The third kappa shape index (κ3) is 5.26. The van der Waals surface area contributed by atoms with Gasteiger partial charge in [-0.15, -0.1) is 11.3 Å². The maximum atomic E-state index is 13.3. The third-order valence-corrected chi connectivity index (χ3v) is 6.47. The van der Waals surface area contributed by atoms with Crippen molar-refractivity contribution >= 4 is 33.1 Å². The van der Waals surface area contributed by atoms with E-state index < -0.39 is 27.5 Å². The summed E-state index contributed by atoms with van der Waals surface area (Å²) in [5, 5.41) is 4.03. The zero-order valence-corrected chi connectivity index (χ0v) is 16.6. The highest BCUT2D eigenvalue weighted by Crippen LogP contribution is 2.31. The van der Waals surface area contributed by atoms with Gasteiger partial charge in [0.1, 0.15) is 11.4 Å². The van der Waals surface area contributed by atoms with E-state index in [2.05, 4.69) is 5.32 Å². The molecule has 0 aliphatic heterocycles. The van der Waals surface area contributed by atoms with E-state index in [1.165, 1.54) is 31.3 Å². The predicted molar refractivity (Wildman–Crippen MR) is 99.2 cm³/mol. The van der Waals surface area contributed by atoms with Gasteiger partial charge in [0.2, 0.25) is 0 Å². The van der Waals surface area contributed by atoms with Crippen molar-refractivity contribution in [3.63, 3.8) is 0 Å². The number of anilines is 1. The average molecular weight is 400 g/mol. The van der Waals surface area contributed by atoms with Crippen LogP contribution in [0.25, 0.3) is 0 Å². The van der Waals surface area contributed by atoms with Crippen LogP contribution < -0.4 is 5.32 Å². The van der Waals surface area contributed by atoms with E-state index in [9.17, 15) is 17.6 Å². The Morgan fingerprint density at radius 1 is 1.31 bits per heavy atom. The minimum Gasteiger partial charge on any atom is -0.444 e. The first-order valence-corrected chi connectivity index (χ1v) is 10.1. The number of hydrogen-bond donors (Lipinski definition) is 1. The maximum Gasteiger partial charge on any atom is 0.412 e. The van der Waals surface area contributed by atoms with Gasteiger partial charge in [-0.25, -0.2) is 17.6 Å². The Kier molecular flexibility index (Phi) is 6.05. The Bertz CT molecular complexity index is 888. The zero-order chi connectivity index (χ0) is 19.5. The maximum absolute atomic E-state index is 13.3. The van der Waals surface area contributed by atoms with Crippen molar-refractivity contribution < 1.29 is 22.3 Å². The lowest BCUT2D eigenvalue weighted by molar-refractivity contribution is 0.0635. The van der Waals surface area contributed by atoms with Gasteiger partial charge in [0.05, 0.1) is 5.69 Å². The highest BCUT2D eigenvalue weighted by Gasteiger charge is 2.27. The molecular formula is C17H21FN2O4S2. The smallest absolute Gasteiger partial charge is 0.412 e. The molecule has 26 heavy (non-hydrogen) atoms. The third-order valence-electron chi connectivity index (χ3n) is 3.20. The Morgan fingerprint density at radius 2 is 2.00 bits per heavy atom. The summed E-state index contributed by atoms with van der Waals surface area (Å²) in [4.78, 5) is 11.9. The molecule has 142 valence electrons. The van der Waals surface area contributed by atoms with Crippen LogP contribution in [0.15, 0.2) is 39.9 Å². The van der Waals surface area contributed by atoms with Crippen molar-refractivity contribution in [2.75, 3.05) is 12.4 Å². The second-order valence-corrected chi connectivity index (χ2v) is 9.80. The number of carbonyl (C=O) groups excluding carboxylic acids is 1. The molecule has 1 N–H and O–H groups in total. The van der Waals surface area contributed by atoms with E-state index in [0.717, 1.165) is 15.6 Å². The van der Waals surface area contributed by atoms with Gasteiger partial charge in [-0.2, -0.15) is 4.31 Å². The van der Waals surface area contributed by atoms with Crippen molar-refractivity contribution in [2.45, 2.75) is 37.1 Å². The molecule has 1 aromatic carbocycles. The van der Waals surface area contributed by atoms with Gasteiger partial charge in [-0.3, -0.25) is 5.32 Å². The van der Waals surface area contributed by atoms with Crippen molar-refractivity contribution in [3.05, 3.63) is 47.1 Å². The predicted octanol–water partition coefficient (Wildman–Crippen LogP) is 4.05. The van der Waals surface area contributed by atoms with Crippen LogP contribution in [0.4, 0.5) is 14.9 Å². The van der Waals surface area contributed by atoms with Gasteiger partial charge < -0.3 is 4.74 Å². The molecule has 0 atom stereocenters. The van der Waals surface area contributed by atoms with Crippen LogP contribution in [-0.2, 0) is 21.3 Å². The summed E-state index contributed by atoms with van der Waals surface area (Å²) in [5.41, 5.74) is -0.0301. The fourth-order valence-corrected chi connectivity index (χ4v) is 4.73. The number of nitrogens with one attached hydrogen (secondary N) is 1. The quantitative estimate of drug-likeness (QED) is 0.821. The molecule has 0 bridgehead atoms. The molecule has 0 aliphatic rings. The molecule has 0 saturated heterocycles. The second-order valence-electron chi connectivity index (χ2n) is 6.64. The van der Waals surface area contributed by atoms with Gasteiger partial charge in [0.25, 0.3) is 10.0 Å². The van der Waals surface area contributed by atoms with E-state index in [0.29, 0.717) is 5.56 Å². The lowest BCUT2D eigenvalue weighted by atomic mass is 10.2. The number of rotatable bonds is 5. The number of ether oxygens (including phenoxy) is 1. The Morgan fingerprint density at radius 3 is 2.62 bits per heavy atom. The van der Waals surface area contributed by atoms with Crippen LogP contribution in [0.1, 0.15) is 26.3 Å². The Labute approximate surface area is 156 Å². The van der Waals surface area contributed by atoms with Crippen LogP contribution >= 0.6 is 11.3 Å². The lowest BCUT2D eigenvalue weighted by Crippen LogP contribution is -2.29. The summed E-state index contributed by atoms with van der Waals surface area (Å²) in [5.74, 6) is -0.434. The highest BCUT2D eigenvalue weighted by molar-refractivity contribution is 7.91. The van der Waals surface area contributed by atoms with Gasteiger partial charge >= 0.3 is 6.09 Å². The first-order chi connectivity index (χ1) is 12.0. The SMILES string of the molecule is CN(Cc1cccc(F)c1)S(=O)(=O)c1sccc1NC(=O)OC(C)(C)C. The van der Waals surface area contributed by atoms with Gasteiger partial charge in [0, 0.05) is 13.6 Å². The summed E-state index contributed by atoms with van der Waals surface area (Å²) in [6.07, 6.45) is -0.736. The molecule has 6 nitrogen and oxygen atoms in total. The molecule has 1 aromatic heterocycles. The fraction of sp³-hybridized carbons (Fsp3) is 0.353. The molecule has 0 radical (unpaired) electrons. The standard InChI is InChI=1S/C17H21FN2O4S2/c1-17(2,3)24-16(21)19-14-8-9-25-15(14)26(22,23)20(4)11-12-6-5-7-13(18)10-12/h5-10H,11H2,1-4H3,(H,19,21). The first-order valence-electron chi connectivity index (χ1n) is 7.77. The van der Waals surface area contributed by atoms with E-state index in [1.54, 1.807) is 32.2 Å². The summed E-state index contributed by atoms with van der Waals surface area (Å²) in [6, 6.07) is 7.23. The van der Waals surface area contributed by atoms with Gasteiger partial charge in [0.15, 0.2) is 4.21 Å². The number of benzene rings is 1. The van der Waals surface area contributed by atoms with Crippen molar-refractivity contribution in [1.29, 1.82) is 0 Å². The van der Waals surface area contributed by atoms with Crippen LogP contribution in [-0.4, -0.2) is 31.5 Å². The molecule has 9 heteroatoms. The Balaban J connectivity index is 2.19. The molecule has 2 aromatic rings. The van der Waals surface area contributed by atoms with Crippen LogP contribution in [0.2, 0.25) is 0 Å². The number of sulfonamides is 1. The minimum atomic E-state index is -3.87. The minimum absolute atomic E-state index is 0.00384. The molecule has 0 unspecified atom stereocenters. The van der Waals surface area contributed by atoms with Crippen LogP contribution in [0.5, 0.6) is 0 Å². The second kappa shape index (κ2) is 7.73. The molecular weight excluding hydrogens is 379 g/mol. The van der Waals surface area contributed by atoms with Crippen LogP contribution in [0, 0.1) is 5.82 Å². The largest absolute Gasteiger partial charge is 0.444 e. The van der Waals surface area contributed by atoms with Crippen molar-refractivity contribution in [2.24, 2.45) is 0 Å². The molecule has 2 rings (SSSR count). The van der Waals surface area contributed by atoms with E-state index >= 15 is 0 Å². The zero-order valence-electron chi connectivity index (χ0n) is 14.9. The summed E-state index contributed by atoms with van der Waals surface area (Å²) in [7, 11) is -2.47. The van der Waals surface area contributed by atoms with Crippen molar-refractivity contribution in [1.82, 2.24) is 4.31 Å². The van der Waals surface area contributed by atoms with E-state index in [-0.39, 0.29) is 16.4 Å². The van der Waals surface area contributed by atoms with Crippen LogP contribution in [0.3, 0.4) is 0 Å². The monoisotopic (exact) mass is 400 g/mol. The normalized spacial score (nSPS) is 12.2. The topological polar surface area (TPSA) is 75.7 Å². The lowest BCUT2D eigenvalue weighted by Gasteiger charge is -2.20. The number of thiophene rings is 1.